The number of fused-ring (bicyclic) bond motifs is 1. The number of nitrogens with zero attached hydrogens (tertiary/aromatic N) is 5. The highest BCUT2D eigenvalue weighted by atomic mass is 35.5. The number of nitro groups is 1. The molecule has 172 valence electrons. The van der Waals surface area contributed by atoms with Gasteiger partial charge in [-0.25, -0.2) is 10.1 Å². The van der Waals surface area contributed by atoms with Gasteiger partial charge >= 0.3 is 0 Å². The number of aryl methyl sites for hydroxylation is 1. The van der Waals surface area contributed by atoms with Crippen LogP contribution in [0, 0.1) is 17.0 Å². The van der Waals surface area contributed by atoms with E-state index >= 15 is 0 Å². The summed E-state index contributed by atoms with van der Waals surface area (Å²) in [5.41, 5.74) is 4.15. The Balaban J connectivity index is 1.57. The van der Waals surface area contributed by atoms with Gasteiger partial charge in [-0.15, -0.1) is 0 Å². The van der Waals surface area contributed by atoms with E-state index in [0.29, 0.717) is 22.0 Å². The van der Waals surface area contributed by atoms with Gasteiger partial charge < -0.3 is 4.52 Å². The Morgan fingerprint density at radius 1 is 1.24 bits per heavy atom. The summed E-state index contributed by atoms with van der Waals surface area (Å²) >= 11 is 5.84. The van der Waals surface area contributed by atoms with E-state index in [1.54, 1.807) is 43.3 Å². The number of aromatic nitrogens is 3. The summed E-state index contributed by atoms with van der Waals surface area (Å²) in [5, 5.41) is 23.7. The van der Waals surface area contributed by atoms with Crippen LogP contribution in [0.4, 0.5) is 5.69 Å². The van der Waals surface area contributed by atoms with Crippen molar-refractivity contribution in [1.29, 1.82) is 0 Å². The molecule has 0 aliphatic carbocycles. The van der Waals surface area contributed by atoms with Crippen molar-refractivity contribution >= 4 is 40.4 Å². The van der Waals surface area contributed by atoms with E-state index in [0.717, 1.165) is 10.2 Å². The minimum absolute atomic E-state index is 0.0434. The second-order valence-electron chi connectivity index (χ2n) is 7.33. The maximum Gasteiger partial charge on any atom is 0.280 e. The average Bonchev–Trinajstić information content (AvgIpc) is 3.20. The van der Waals surface area contributed by atoms with Gasteiger partial charge in [0.25, 0.3) is 17.2 Å². The summed E-state index contributed by atoms with van der Waals surface area (Å²) in [4.78, 5) is 35.7. The van der Waals surface area contributed by atoms with Crippen LogP contribution < -0.4 is 11.0 Å². The lowest BCUT2D eigenvalue weighted by atomic mass is 10.1. The Morgan fingerprint density at radius 2 is 1.94 bits per heavy atom. The normalized spacial score (nSPS) is 11.2. The zero-order valence-corrected chi connectivity index (χ0v) is 18.5. The first-order valence-corrected chi connectivity index (χ1v) is 10.4. The van der Waals surface area contributed by atoms with Gasteiger partial charge in [0.05, 0.1) is 16.8 Å². The first-order valence-electron chi connectivity index (χ1n) is 9.98. The molecule has 0 fully saturated rings. The number of benzene rings is 2. The van der Waals surface area contributed by atoms with Crippen LogP contribution in [-0.4, -0.2) is 32.0 Å². The predicted octanol–water partition coefficient (Wildman–Crippen LogP) is 3.00. The third-order valence-electron chi connectivity index (χ3n) is 4.90. The van der Waals surface area contributed by atoms with Gasteiger partial charge in [-0.3, -0.25) is 19.7 Å². The second kappa shape index (κ2) is 9.63. The fraction of sp³-hybridized carbons (Fsp3) is 0.136. The third kappa shape index (κ3) is 4.99. The van der Waals surface area contributed by atoms with Gasteiger partial charge in [0, 0.05) is 23.6 Å². The first-order chi connectivity index (χ1) is 16.3. The van der Waals surface area contributed by atoms with Crippen LogP contribution in [0.15, 0.2) is 62.9 Å². The molecule has 2 aromatic heterocycles. The van der Waals surface area contributed by atoms with Gasteiger partial charge in [-0.1, -0.05) is 41.0 Å². The van der Waals surface area contributed by atoms with Crippen molar-refractivity contribution in [2.75, 3.05) is 0 Å². The van der Waals surface area contributed by atoms with E-state index < -0.39 is 16.4 Å². The molecule has 0 spiro atoms. The van der Waals surface area contributed by atoms with Crippen LogP contribution in [0.25, 0.3) is 11.0 Å². The summed E-state index contributed by atoms with van der Waals surface area (Å²) in [6, 6.07) is 12.8. The second-order valence-corrected chi connectivity index (χ2v) is 7.76. The van der Waals surface area contributed by atoms with Gasteiger partial charge in [0.15, 0.2) is 5.58 Å². The Bertz CT molecular complexity index is 1460. The lowest BCUT2D eigenvalue weighted by Gasteiger charge is -2.08. The number of carbonyl (C=O) groups excluding carboxylic acids is 1. The highest BCUT2D eigenvalue weighted by molar-refractivity contribution is 6.30. The monoisotopic (exact) mass is 480 g/mol. The minimum Gasteiger partial charge on any atom is -0.354 e. The molecule has 12 heteroatoms. The van der Waals surface area contributed by atoms with Crippen LogP contribution in [-0.2, 0) is 17.8 Å². The van der Waals surface area contributed by atoms with Gasteiger partial charge in [-0.2, -0.15) is 10.2 Å². The predicted molar refractivity (Wildman–Crippen MR) is 124 cm³/mol. The fourth-order valence-electron chi connectivity index (χ4n) is 3.23. The summed E-state index contributed by atoms with van der Waals surface area (Å²) in [6.07, 6.45) is 1.65. The number of amides is 1. The molecule has 0 saturated carbocycles. The maximum atomic E-state index is 12.9. The van der Waals surface area contributed by atoms with Crippen molar-refractivity contribution in [2.45, 2.75) is 19.9 Å². The zero-order valence-electron chi connectivity index (χ0n) is 17.8. The molecule has 34 heavy (non-hydrogen) atoms. The molecule has 0 aliphatic heterocycles. The molecule has 4 aromatic rings. The van der Waals surface area contributed by atoms with E-state index in [4.69, 9.17) is 16.1 Å². The molecule has 0 atom stereocenters. The molecule has 2 heterocycles. The molecule has 1 amide bonds. The minimum atomic E-state index is -0.561. The van der Waals surface area contributed by atoms with Crippen molar-refractivity contribution in [3.8, 4) is 0 Å². The Labute approximate surface area is 196 Å². The number of non-ortho nitro benzene ring substituents is 1. The number of hydrogen-bond donors (Lipinski definition) is 1. The number of rotatable bonds is 7. The van der Waals surface area contributed by atoms with E-state index in [1.807, 2.05) is 0 Å². The number of nitro benzene ring substituents is 1. The standard InChI is InChI=1S/C22H17ClN6O5/c1-13-20-21(34-27-13)18(10-14-4-8-17(9-5-14)29(32)33)26-28(22(20)31)12-19(30)25-24-11-15-2-6-16(23)7-3-15/h2-9,11H,10,12H2,1H3,(H,25,30)/b24-11+. The van der Waals surface area contributed by atoms with Crippen LogP contribution >= 0.6 is 11.6 Å². The molecular formula is C22H17ClN6O5. The quantitative estimate of drug-likeness (QED) is 0.243. The Morgan fingerprint density at radius 3 is 2.62 bits per heavy atom. The molecule has 11 nitrogen and oxygen atoms in total. The summed E-state index contributed by atoms with van der Waals surface area (Å²) in [5.74, 6) is -0.561. The molecule has 2 aromatic carbocycles. The highest BCUT2D eigenvalue weighted by Gasteiger charge is 2.19. The van der Waals surface area contributed by atoms with Crippen molar-refractivity contribution < 1.29 is 14.2 Å². The van der Waals surface area contributed by atoms with Gasteiger partial charge in [0.1, 0.15) is 17.6 Å². The highest BCUT2D eigenvalue weighted by Crippen LogP contribution is 2.21. The fourth-order valence-corrected chi connectivity index (χ4v) is 3.36. The molecule has 1 N–H and O–H groups in total. The van der Waals surface area contributed by atoms with Crippen LogP contribution in [0.3, 0.4) is 0 Å². The average molecular weight is 481 g/mol. The van der Waals surface area contributed by atoms with E-state index in [1.165, 1.54) is 18.3 Å². The van der Waals surface area contributed by atoms with E-state index in [-0.39, 0.29) is 29.6 Å². The van der Waals surface area contributed by atoms with Crippen LogP contribution in [0.1, 0.15) is 22.5 Å². The molecule has 0 aliphatic rings. The molecule has 0 radical (unpaired) electrons. The first kappa shape index (κ1) is 22.8. The van der Waals surface area contributed by atoms with Crippen LogP contribution in [0.2, 0.25) is 5.02 Å². The summed E-state index contributed by atoms with van der Waals surface area (Å²) < 4.78 is 6.32. The van der Waals surface area contributed by atoms with E-state index in [2.05, 4.69) is 20.8 Å². The van der Waals surface area contributed by atoms with E-state index in [9.17, 15) is 19.7 Å². The molecule has 0 unspecified atom stereocenters. The number of halogens is 1. The molecule has 4 rings (SSSR count). The molecule has 0 bridgehead atoms. The number of nitrogens with one attached hydrogen (secondary N) is 1. The number of carbonyl (C=O) groups is 1. The zero-order chi connectivity index (χ0) is 24.2. The van der Waals surface area contributed by atoms with Crippen molar-refractivity contribution in [2.24, 2.45) is 5.10 Å². The lowest BCUT2D eigenvalue weighted by molar-refractivity contribution is -0.384. The Hall–Kier alpha value is -4.38. The third-order valence-corrected chi connectivity index (χ3v) is 5.15. The van der Waals surface area contributed by atoms with Gasteiger partial charge in [-0.05, 0) is 30.2 Å². The smallest absolute Gasteiger partial charge is 0.280 e. The number of hydrogen-bond acceptors (Lipinski definition) is 8. The SMILES string of the molecule is Cc1noc2c(Cc3ccc([N+](=O)[O-])cc3)nn(CC(=O)N/N=C/c3ccc(Cl)cc3)c(=O)c12. The number of hydrazone groups is 1. The topological polar surface area (TPSA) is 146 Å². The van der Waals surface area contributed by atoms with Crippen molar-refractivity contribution in [1.82, 2.24) is 20.4 Å². The summed E-state index contributed by atoms with van der Waals surface area (Å²) in [6.45, 7) is 1.23. The molecular weight excluding hydrogens is 464 g/mol. The lowest BCUT2D eigenvalue weighted by Crippen LogP contribution is -2.32. The van der Waals surface area contributed by atoms with Gasteiger partial charge in [0.2, 0.25) is 0 Å². The maximum absolute atomic E-state index is 12.9. The summed E-state index contributed by atoms with van der Waals surface area (Å²) in [7, 11) is 0. The van der Waals surface area contributed by atoms with Crippen molar-refractivity contribution in [3.05, 3.63) is 96.5 Å². The van der Waals surface area contributed by atoms with Crippen LogP contribution in [0.5, 0.6) is 0 Å². The molecule has 0 saturated heterocycles. The Kier molecular flexibility index (Phi) is 6.46. The largest absolute Gasteiger partial charge is 0.354 e. The van der Waals surface area contributed by atoms with Crippen molar-refractivity contribution in [3.63, 3.8) is 0 Å².